The molecule has 2 aliphatic rings. The molecule has 0 unspecified atom stereocenters. The molecule has 2 aliphatic heterocycles. The fourth-order valence-electron chi connectivity index (χ4n) is 4.22. The molecule has 4 rings (SSSR count). The number of hydrogen-bond donors (Lipinski definition) is 4. The Morgan fingerprint density at radius 3 is 2.41 bits per heavy atom. The van der Waals surface area contributed by atoms with Crippen LogP contribution in [0.2, 0.25) is 0 Å². The molecule has 174 valence electrons. The first-order valence-electron chi connectivity index (χ1n) is 10.4. The summed E-state index contributed by atoms with van der Waals surface area (Å²) in [6.07, 6.45) is -5.31. The molecule has 1 saturated heterocycles. The van der Waals surface area contributed by atoms with Crippen molar-refractivity contribution in [3.8, 4) is 17.2 Å². The van der Waals surface area contributed by atoms with Crippen molar-refractivity contribution >= 4 is 0 Å². The summed E-state index contributed by atoms with van der Waals surface area (Å²) < 4.78 is 28.1. The van der Waals surface area contributed by atoms with Crippen molar-refractivity contribution in [2.75, 3.05) is 34.0 Å². The molecule has 2 heterocycles. The number of benzene rings is 2. The molecule has 1 fully saturated rings. The summed E-state index contributed by atoms with van der Waals surface area (Å²) in [5.74, 6) is 0.186. The fourth-order valence-corrected chi connectivity index (χ4v) is 4.22. The van der Waals surface area contributed by atoms with Crippen LogP contribution < -0.4 is 14.2 Å². The molecule has 0 aromatic heterocycles. The van der Waals surface area contributed by atoms with Crippen LogP contribution in [-0.4, -0.2) is 78.9 Å². The number of fused-ring (bicyclic) bond motifs is 1. The Hall–Kier alpha value is -2.40. The van der Waals surface area contributed by atoms with Crippen LogP contribution in [0, 0.1) is 0 Å². The lowest BCUT2D eigenvalue weighted by Crippen LogP contribution is -2.64. The van der Waals surface area contributed by atoms with E-state index in [-0.39, 0.29) is 0 Å². The maximum atomic E-state index is 10.8. The quantitative estimate of drug-likeness (QED) is 0.494. The van der Waals surface area contributed by atoms with E-state index in [1.54, 1.807) is 25.3 Å². The fraction of sp³-hybridized carbons (Fsp3) is 0.478. The van der Waals surface area contributed by atoms with Crippen molar-refractivity contribution in [3.63, 3.8) is 0 Å². The SMILES string of the molecule is COc1ccc([C@]2(OC)O[C@H](CO)[C@@H](O)[C@H](O)[C@H]2O)cc1Cc1ccc2c(c1)OCCO2. The van der Waals surface area contributed by atoms with Crippen LogP contribution in [-0.2, 0) is 21.7 Å². The number of ether oxygens (including phenoxy) is 5. The minimum absolute atomic E-state index is 0.408. The molecule has 0 spiro atoms. The summed E-state index contributed by atoms with van der Waals surface area (Å²) in [4.78, 5) is 0. The molecule has 0 saturated carbocycles. The molecule has 2 aromatic rings. The Morgan fingerprint density at radius 2 is 1.72 bits per heavy atom. The van der Waals surface area contributed by atoms with E-state index in [0.717, 1.165) is 11.1 Å². The van der Waals surface area contributed by atoms with Crippen molar-refractivity contribution in [1.29, 1.82) is 0 Å². The minimum atomic E-state index is -1.79. The third kappa shape index (κ3) is 3.92. The highest BCUT2D eigenvalue weighted by molar-refractivity contribution is 5.47. The molecule has 9 heteroatoms. The maximum Gasteiger partial charge on any atom is 0.224 e. The van der Waals surface area contributed by atoms with Crippen molar-refractivity contribution in [2.24, 2.45) is 0 Å². The molecule has 0 bridgehead atoms. The van der Waals surface area contributed by atoms with Crippen molar-refractivity contribution < 1.29 is 44.1 Å². The summed E-state index contributed by atoms with van der Waals surface area (Å²) >= 11 is 0. The third-order valence-electron chi connectivity index (χ3n) is 5.94. The largest absolute Gasteiger partial charge is 0.496 e. The standard InChI is InChI=1S/C23H28O9/c1-28-16-6-4-15(23(29-2)22(27)21(26)20(25)19(12-24)32-23)11-14(16)9-13-3-5-17-18(10-13)31-8-7-30-17/h3-6,10-11,19-22,24-27H,7-9,12H2,1-2H3/t19-,20-,21+,22-,23+/m1/s1. The first-order valence-corrected chi connectivity index (χ1v) is 10.4. The maximum absolute atomic E-state index is 10.8. The smallest absolute Gasteiger partial charge is 0.224 e. The van der Waals surface area contributed by atoms with Crippen LogP contribution in [0.3, 0.4) is 0 Å². The Kier molecular flexibility index (Phi) is 6.57. The average molecular weight is 448 g/mol. The van der Waals surface area contributed by atoms with E-state index in [2.05, 4.69) is 0 Å². The number of aliphatic hydroxyl groups excluding tert-OH is 4. The topological polar surface area (TPSA) is 127 Å². The van der Waals surface area contributed by atoms with Gasteiger partial charge in [-0.05, 0) is 41.5 Å². The monoisotopic (exact) mass is 448 g/mol. The summed E-state index contributed by atoms with van der Waals surface area (Å²) in [7, 11) is 2.88. The Morgan fingerprint density at radius 1 is 0.969 bits per heavy atom. The molecule has 0 radical (unpaired) electrons. The molecule has 0 aliphatic carbocycles. The third-order valence-corrected chi connectivity index (χ3v) is 5.94. The number of hydrogen-bond acceptors (Lipinski definition) is 9. The van der Waals surface area contributed by atoms with Gasteiger partial charge in [0.1, 0.15) is 43.4 Å². The Bertz CT molecular complexity index is 947. The van der Waals surface area contributed by atoms with Gasteiger partial charge in [0.05, 0.1) is 13.7 Å². The average Bonchev–Trinajstić information content (AvgIpc) is 2.83. The summed E-state index contributed by atoms with van der Waals surface area (Å²) in [6, 6.07) is 10.8. The Labute approximate surface area is 185 Å². The zero-order valence-electron chi connectivity index (χ0n) is 17.9. The van der Waals surface area contributed by atoms with Crippen molar-refractivity contribution in [1.82, 2.24) is 0 Å². The van der Waals surface area contributed by atoms with Gasteiger partial charge in [-0.15, -0.1) is 0 Å². The van der Waals surface area contributed by atoms with Gasteiger partial charge >= 0.3 is 0 Å². The van der Waals surface area contributed by atoms with Crippen LogP contribution >= 0.6 is 0 Å². The lowest BCUT2D eigenvalue weighted by atomic mass is 9.86. The molecule has 4 N–H and O–H groups in total. The van der Waals surface area contributed by atoms with Gasteiger partial charge in [-0.3, -0.25) is 0 Å². The molecule has 5 atom stereocenters. The molecule has 9 nitrogen and oxygen atoms in total. The predicted molar refractivity (Wildman–Crippen MR) is 112 cm³/mol. The lowest BCUT2D eigenvalue weighted by molar-refractivity contribution is -0.366. The van der Waals surface area contributed by atoms with Gasteiger partial charge in [0.25, 0.3) is 0 Å². The number of methoxy groups -OCH3 is 2. The highest BCUT2D eigenvalue weighted by Crippen LogP contribution is 2.41. The second-order valence-corrected chi connectivity index (χ2v) is 7.82. The number of rotatable bonds is 6. The van der Waals surface area contributed by atoms with E-state index in [1.165, 1.54) is 7.11 Å². The lowest BCUT2D eigenvalue weighted by Gasteiger charge is -2.47. The van der Waals surface area contributed by atoms with Gasteiger partial charge in [-0.1, -0.05) is 6.07 Å². The van der Waals surface area contributed by atoms with Crippen molar-refractivity contribution in [3.05, 3.63) is 53.1 Å². The first-order chi connectivity index (χ1) is 15.4. The molecule has 0 amide bonds. The van der Waals surface area contributed by atoms with Crippen LogP contribution in [0.1, 0.15) is 16.7 Å². The Balaban J connectivity index is 1.71. The van der Waals surface area contributed by atoms with E-state index in [9.17, 15) is 20.4 Å². The van der Waals surface area contributed by atoms with Gasteiger partial charge in [0.15, 0.2) is 11.5 Å². The van der Waals surface area contributed by atoms with E-state index in [1.807, 2.05) is 18.2 Å². The summed E-state index contributed by atoms with van der Waals surface area (Å²) in [5, 5.41) is 40.8. The van der Waals surface area contributed by atoms with E-state index in [0.29, 0.717) is 42.4 Å². The van der Waals surface area contributed by atoms with Gasteiger partial charge < -0.3 is 44.1 Å². The predicted octanol–water partition coefficient (Wildman–Crippen LogP) is 0.330. The molecular weight excluding hydrogens is 420 g/mol. The summed E-state index contributed by atoms with van der Waals surface area (Å²) in [6.45, 7) is 0.441. The van der Waals surface area contributed by atoms with Crippen LogP contribution in [0.25, 0.3) is 0 Å². The van der Waals surface area contributed by atoms with Gasteiger partial charge in [0, 0.05) is 19.1 Å². The van der Waals surface area contributed by atoms with Gasteiger partial charge in [-0.2, -0.15) is 0 Å². The van der Waals surface area contributed by atoms with Crippen LogP contribution in [0.4, 0.5) is 0 Å². The summed E-state index contributed by atoms with van der Waals surface area (Å²) in [5.41, 5.74) is 2.13. The van der Waals surface area contributed by atoms with Crippen LogP contribution in [0.15, 0.2) is 36.4 Å². The van der Waals surface area contributed by atoms with Gasteiger partial charge in [0.2, 0.25) is 5.79 Å². The zero-order chi connectivity index (χ0) is 22.9. The van der Waals surface area contributed by atoms with E-state index in [4.69, 9.17) is 23.7 Å². The normalized spacial score (nSPS) is 29.6. The highest BCUT2D eigenvalue weighted by Gasteiger charge is 2.55. The minimum Gasteiger partial charge on any atom is -0.496 e. The highest BCUT2D eigenvalue weighted by atomic mass is 16.7. The molecule has 2 aromatic carbocycles. The van der Waals surface area contributed by atoms with Crippen molar-refractivity contribution in [2.45, 2.75) is 36.6 Å². The van der Waals surface area contributed by atoms with Crippen LogP contribution in [0.5, 0.6) is 17.2 Å². The zero-order valence-corrected chi connectivity index (χ0v) is 17.9. The first kappa shape index (κ1) is 22.8. The molecule has 32 heavy (non-hydrogen) atoms. The second-order valence-electron chi connectivity index (χ2n) is 7.82. The molecular formula is C23H28O9. The van der Waals surface area contributed by atoms with E-state index < -0.39 is 36.8 Å². The number of aliphatic hydroxyl groups is 4. The van der Waals surface area contributed by atoms with Gasteiger partial charge in [-0.25, -0.2) is 0 Å². The van der Waals surface area contributed by atoms with E-state index >= 15 is 0 Å². The second kappa shape index (κ2) is 9.22.